The summed E-state index contributed by atoms with van der Waals surface area (Å²) in [6.07, 6.45) is 4.18. The molecule has 28 heavy (non-hydrogen) atoms. The van der Waals surface area contributed by atoms with Crippen molar-refractivity contribution in [3.8, 4) is 0 Å². The molecule has 1 aliphatic carbocycles. The fourth-order valence-electron chi connectivity index (χ4n) is 4.69. The summed E-state index contributed by atoms with van der Waals surface area (Å²) in [6, 6.07) is 9.29. The topological polar surface area (TPSA) is 67.2 Å². The average Bonchev–Trinajstić information content (AvgIpc) is 3.56. The number of fused-ring (bicyclic) bond motifs is 1. The van der Waals surface area contributed by atoms with E-state index in [1.54, 1.807) is 19.1 Å². The third kappa shape index (κ3) is 3.05. The van der Waals surface area contributed by atoms with Crippen LogP contribution in [0.1, 0.15) is 49.9 Å². The smallest absolute Gasteiger partial charge is 0.224 e. The van der Waals surface area contributed by atoms with Crippen LogP contribution in [-0.4, -0.2) is 23.5 Å². The van der Waals surface area contributed by atoms with Gasteiger partial charge in [0.1, 0.15) is 11.6 Å². The normalized spacial score (nSPS) is 28.6. The van der Waals surface area contributed by atoms with Gasteiger partial charge >= 0.3 is 0 Å². The molecule has 2 aliphatic heterocycles. The van der Waals surface area contributed by atoms with E-state index in [4.69, 9.17) is 0 Å². The fraction of sp³-hybridized carbons (Fsp3) is 0.455. The monoisotopic (exact) mass is 380 g/mol. The van der Waals surface area contributed by atoms with Crippen LogP contribution in [0.5, 0.6) is 0 Å². The van der Waals surface area contributed by atoms with E-state index in [1.165, 1.54) is 11.6 Å². The Kier molecular flexibility index (Phi) is 4.12. The molecule has 5 rings (SSSR count). The van der Waals surface area contributed by atoms with Gasteiger partial charge < -0.3 is 15.5 Å². The van der Waals surface area contributed by atoms with Crippen LogP contribution in [0, 0.1) is 17.7 Å². The van der Waals surface area contributed by atoms with Gasteiger partial charge in [-0.2, -0.15) is 0 Å². The minimum Gasteiger partial charge on any atom is -0.363 e. The van der Waals surface area contributed by atoms with Crippen LogP contribution < -0.4 is 15.5 Å². The third-order valence-corrected chi connectivity index (χ3v) is 6.29. The van der Waals surface area contributed by atoms with Crippen LogP contribution in [-0.2, 0) is 4.79 Å². The van der Waals surface area contributed by atoms with E-state index in [0.29, 0.717) is 12.0 Å². The van der Waals surface area contributed by atoms with E-state index in [1.807, 2.05) is 17.2 Å². The number of halogens is 1. The summed E-state index contributed by atoms with van der Waals surface area (Å²) in [4.78, 5) is 19.0. The number of hydrogen-bond donors (Lipinski definition) is 2. The number of amides is 1. The van der Waals surface area contributed by atoms with Crippen molar-refractivity contribution in [2.45, 2.75) is 44.8 Å². The van der Waals surface area contributed by atoms with Crippen molar-refractivity contribution < 1.29 is 9.18 Å². The molecule has 4 atom stereocenters. The molecule has 1 saturated carbocycles. The van der Waals surface area contributed by atoms with Gasteiger partial charge in [0.25, 0.3) is 0 Å². The minimum atomic E-state index is -0.283. The number of carbonyl (C=O) groups excluding carboxylic acids is 1. The highest BCUT2D eigenvalue weighted by Gasteiger charge is 2.47. The molecule has 1 aromatic carbocycles. The molecule has 1 amide bonds. The molecule has 5 nitrogen and oxygen atoms in total. The number of carbonyl (C=O) groups is 1. The molecule has 0 radical (unpaired) electrons. The van der Waals surface area contributed by atoms with Crippen molar-refractivity contribution >= 4 is 17.4 Å². The van der Waals surface area contributed by atoms with E-state index in [0.717, 1.165) is 36.5 Å². The minimum absolute atomic E-state index is 0.0227. The summed E-state index contributed by atoms with van der Waals surface area (Å²) >= 11 is 0. The molecule has 0 spiro atoms. The molecule has 2 unspecified atom stereocenters. The molecule has 146 valence electrons. The van der Waals surface area contributed by atoms with Gasteiger partial charge in [0.05, 0.1) is 6.04 Å². The molecule has 2 fully saturated rings. The Balaban J connectivity index is 1.52. The maximum absolute atomic E-state index is 14.1. The number of pyridine rings is 1. The van der Waals surface area contributed by atoms with E-state index in [-0.39, 0.29) is 29.7 Å². The Bertz CT molecular complexity index is 907. The second-order valence-corrected chi connectivity index (χ2v) is 8.34. The molecular formula is C22H25FN4O. The Morgan fingerprint density at radius 2 is 2.07 bits per heavy atom. The Hall–Kier alpha value is -2.47. The van der Waals surface area contributed by atoms with Crippen LogP contribution in [0.4, 0.5) is 15.9 Å². The maximum atomic E-state index is 14.1. The van der Waals surface area contributed by atoms with Gasteiger partial charge in [-0.3, -0.25) is 4.79 Å². The van der Waals surface area contributed by atoms with Crippen molar-refractivity contribution in [2.75, 3.05) is 16.8 Å². The van der Waals surface area contributed by atoms with Crippen molar-refractivity contribution in [2.24, 2.45) is 11.8 Å². The number of aromatic nitrogens is 1. The first-order valence-electron chi connectivity index (χ1n) is 10.1. The molecule has 3 aliphatic rings. The lowest BCUT2D eigenvalue weighted by molar-refractivity contribution is -0.117. The largest absolute Gasteiger partial charge is 0.363 e. The fourth-order valence-corrected chi connectivity index (χ4v) is 4.69. The van der Waals surface area contributed by atoms with Crippen LogP contribution in [0.25, 0.3) is 0 Å². The quantitative estimate of drug-likeness (QED) is 0.792. The zero-order valence-electron chi connectivity index (χ0n) is 16.2. The zero-order valence-corrected chi connectivity index (χ0v) is 16.2. The summed E-state index contributed by atoms with van der Waals surface area (Å²) in [7, 11) is 0. The Morgan fingerprint density at radius 3 is 2.68 bits per heavy atom. The van der Waals surface area contributed by atoms with Crippen molar-refractivity contribution in [1.29, 1.82) is 0 Å². The van der Waals surface area contributed by atoms with Gasteiger partial charge in [-0.05, 0) is 48.6 Å². The van der Waals surface area contributed by atoms with Gasteiger partial charge in [0, 0.05) is 48.9 Å². The lowest BCUT2D eigenvalue weighted by Gasteiger charge is -2.45. The van der Waals surface area contributed by atoms with E-state index in [2.05, 4.69) is 28.6 Å². The summed E-state index contributed by atoms with van der Waals surface area (Å²) in [5.74, 6) is 1.18. The van der Waals surface area contributed by atoms with Gasteiger partial charge in [-0.15, -0.1) is 0 Å². The van der Waals surface area contributed by atoms with Gasteiger partial charge in [0.2, 0.25) is 5.91 Å². The van der Waals surface area contributed by atoms with Crippen molar-refractivity contribution in [1.82, 2.24) is 10.3 Å². The predicted molar refractivity (Wildman–Crippen MR) is 107 cm³/mol. The zero-order chi connectivity index (χ0) is 19.4. The Morgan fingerprint density at radius 1 is 1.29 bits per heavy atom. The van der Waals surface area contributed by atoms with Crippen LogP contribution >= 0.6 is 0 Å². The first kappa shape index (κ1) is 17.6. The summed E-state index contributed by atoms with van der Waals surface area (Å²) in [5, 5.41) is 6.82. The number of nitrogens with one attached hydrogen (secondary N) is 2. The first-order chi connectivity index (χ1) is 13.5. The number of rotatable bonds is 4. The molecule has 6 heteroatoms. The molecule has 2 N–H and O–H groups in total. The third-order valence-electron chi connectivity index (χ3n) is 6.29. The predicted octanol–water partition coefficient (Wildman–Crippen LogP) is 3.80. The second kappa shape index (κ2) is 6.55. The molecular weight excluding hydrogens is 355 g/mol. The van der Waals surface area contributed by atoms with Crippen molar-refractivity contribution in [3.05, 3.63) is 53.5 Å². The molecule has 0 bridgehead atoms. The first-order valence-corrected chi connectivity index (χ1v) is 10.1. The van der Waals surface area contributed by atoms with Gasteiger partial charge in [-0.1, -0.05) is 13.0 Å². The number of hydrogen-bond acceptors (Lipinski definition) is 4. The highest BCUT2D eigenvalue weighted by Crippen LogP contribution is 2.50. The number of anilines is 2. The second-order valence-electron chi connectivity index (χ2n) is 8.34. The van der Waals surface area contributed by atoms with E-state index >= 15 is 0 Å². The average molecular weight is 380 g/mol. The van der Waals surface area contributed by atoms with Crippen molar-refractivity contribution in [3.63, 3.8) is 0 Å². The van der Waals surface area contributed by atoms with E-state index < -0.39 is 0 Å². The van der Waals surface area contributed by atoms with Gasteiger partial charge in [0.15, 0.2) is 0 Å². The Labute approximate surface area is 164 Å². The van der Waals surface area contributed by atoms with Crippen LogP contribution in [0.3, 0.4) is 0 Å². The number of benzene rings is 1. The highest BCUT2D eigenvalue weighted by atomic mass is 19.1. The summed E-state index contributed by atoms with van der Waals surface area (Å²) in [5.41, 5.74) is 2.84. The lowest BCUT2D eigenvalue weighted by atomic mass is 9.80. The summed E-state index contributed by atoms with van der Waals surface area (Å²) < 4.78 is 14.1. The molecule has 2 aromatic rings. The van der Waals surface area contributed by atoms with Crippen LogP contribution in [0.15, 0.2) is 36.5 Å². The lowest BCUT2D eigenvalue weighted by Crippen LogP contribution is -2.51. The molecule has 3 heterocycles. The SMILES string of the molecule is CC(=O)N1c2ccc(F)cc2C(Nc2ccc(C3CN3)cn2)[C@@H](C)[C@@H]1C1CC1. The highest BCUT2D eigenvalue weighted by molar-refractivity contribution is 5.94. The van der Waals surface area contributed by atoms with E-state index in [9.17, 15) is 9.18 Å². The molecule has 1 aromatic heterocycles. The molecule has 1 saturated heterocycles. The van der Waals surface area contributed by atoms with Gasteiger partial charge in [-0.25, -0.2) is 9.37 Å². The standard InChI is InChI=1S/C22H25FN4O/c1-12-21(26-20-8-5-15(10-25-20)18-11-24-18)17-9-16(23)6-7-19(17)27(13(2)28)22(12)14-3-4-14/h5-10,12,14,18,21-22,24H,3-4,11H2,1-2H3,(H,25,26)/t12-,18?,21?,22-/m1/s1. The van der Waals surface area contributed by atoms with Crippen LogP contribution in [0.2, 0.25) is 0 Å². The number of nitrogens with zero attached hydrogens (tertiary/aromatic N) is 2. The summed E-state index contributed by atoms with van der Waals surface area (Å²) in [6.45, 7) is 4.77. The maximum Gasteiger partial charge on any atom is 0.224 e.